The van der Waals surface area contributed by atoms with Gasteiger partial charge in [0.15, 0.2) is 5.82 Å². The first kappa shape index (κ1) is 16.4. The van der Waals surface area contributed by atoms with Gasteiger partial charge in [0, 0.05) is 13.1 Å². The summed E-state index contributed by atoms with van der Waals surface area (Å²) in [5, 5.41) is 22.2. The molecule has 0 saturated carbocycles. The highest BCUT2D eigenvalue weighted by atomic mass is 16.1. The van der Waals surface area contributed by atoms with Crippen LogP contribution >= 0.6 is 0 Å². The predicted molar refractivity (Wildman–Crippen MR) is 93.4 cm³/mol. The average molecular weight is 352 g/mol. The Morgan fingerprint density at radius 3 is 2.88 bits per heavy atom. The van der Waals surface area contributed by atoms with Crippen LogP contribution in [0.25, 0.3) is 5.69 Å². The van der Waals surface area contributed by atoms with Crippen molar-refractivity contribution in [3.05, 3.63) is 53.1 Å². The lowest BCUT2D eigenvalue weighted by atomic mass is 10.1. The molecule has 134 valence electrons. The van der Waals surface area contributed by atoms with Crippen molar-refractivity contribution in [2.45, 2.75) is 33.0 Å². The second-order valence-corrected chi connectivity index (χ2v) is 6.28. The zero-order valence-electron chi connectivity index (χ0n) is 14.5. The lowest BCUT2D eigenvalue weighted by molar-refractivity contribution is -0.120. The van der Waals surface area contributed by atoms with E-state index in [1.165, 1.54) is 0 Å². The number of hydrogen-bond donors (Lipinski definition) is 2. The fourth-order valence-corrected chi connectivity index (χ4v) is 3.00. The lowest BCUT2D eigenvalue weighted by Crippen LogP contribution is -2.28. The van der Waals surface area contributed by atoms with Gasteiger partial charge in [-0.25, -0.2) is 0 Å². The third-order valence-corrected chi connectivity index (χ3v) is 4.36. The van der Waals surface area contributed by atoms with Crippen LogP contribution in [0, 0.1) is 6.92 Å². The van der Waals surface area contributed by atoms with Crippen LogP contribution in [0.4, 0.5) is 0 Å². The van der Waals surface area contributed by atoms with Gasteiger partial charge in [-0.1, -0.05) is 12.1 Å². The second kappa shape index (κ2) is 7.04. The smallest absolute Gasteiger partial charge is 0.224 e. The molecule has 0 aliphatic carbocycles. The second-order valence-electron chi connectivity index (χ2n) is 6.28. The van der Waals surface area contributed by atoms with Crippen LogP contribution in [0.15, 0.2) is 30.3 Å². The van der Waals surface area contributed by atoms with Crippen LogP contribution in [0.1, 0.15) is 22.8 Å². The summed E-state index contributed by atoms with van der Waals surface area (Å²) >= 11 is 0. The van der Waals surface area contributed by atoms with E-state index in [1.807, 2.05) is 41.9 Å². The van der Waals surface area contributed by atoms with Crippen LogP contribution in [0.5, 0.6) is 0 Å². The number of fused-ring (bicyclic) bond motifs is 1. The number of hydrogen-bond acceptors (Lipinski definition) is 6. The zero-order chi connectivity index (χ0) is 17.9. The number of nitrogens with zero attached hydrogens (tertiary/aromatic N) is 6. The Labute approximate surface area is 150 Å². The zero-order valence-corrected chi connectivity index (χ0v) is 14.5. The number of nitrogens with one attached hydrogen (secondary N) is 2. The van der Waals surface area contributed by atoms with Gasteiger partial charge in [0.25, 0.3) is 0 Å². The van der Waals surface area contributed by atoms with Crippen molar-refractivity contribution in [3.63, 3.8) is 0 Å². The molecular weight excluding hydrogens is 332 g/mol. The van der Waals surface area contributed by atoms with E-state index in [0.29, 0.717) is 18.8 Å². The Morgan fingerprint density at radius 1 is 1.31 bits per heavy atom. The van der Waals surface area contributed by atoms with E-state index in [4.69, 9.17) is 0 Å². The minimum atomic E-state index is -0.0274. The van der Waals surface area contributed by atoms with Gasteiger partial charge in [0.2, 0.25) is 5.91 Å². The highest BCUT2D eigenvalue weighted by Gasteiger charge is 2.12. The highest BCUT2D eigenvalue weighted by Crippen LogP contribution is 2.11. The minimum Gasteiger partial charge on any atom is -0.350 e. The number of aryl methyl sites for hydroxylation is 1. The van der Waals surface area contributed by atoms with Gasteiger partial charge in [0.1, 0.15) is 0 Å². The van der Waals surface area contributed by atoms with Crippen LogP contribution in [-0.2, 0) is 30.8 Å². The number of aromatic nitrogens is 6. The maximum Gasteiger partial charge on any atom is 0.224 e. The molecule has 1 aliphatic heterocycles. The summed E-state index contributed by atoms with van der Waals surface area (Å²) in [4.78, 5) is 12.2. The van der Waals surface area contributed by atoms with Crippen molar-refractivity contribution in [1.82, 2.24) is 40.6 Å². The Balaban J connectivity index is 1.33. The molecule has 3 heterocycles. The van der Waals surface area contributed by atoms with Crippen molar-refractivity contribution < 1.29 is 4.79 Å². The maximum absolute atomic E-state index is 12.2. The highest BCUT2D eigenvalue weighted by molar-refractivity contribution is 5.78. The Hall–Kier alpha value is -3.07. The largest absolute Gasteiger partial charge is 0.350 e. The van der Waals surface area contributed by atoms with Crippen molar-refractivity contribution in [2.75, 3.05) is 6.54 Å². The topological polar surface area (TPSA) is 103 Å². The number of carbonyl (C=O) groups is 1. The minimum absolute atomic E-state index is 0.0274. The first-order chi connectivity index (χ1) is 12.7. The van der Waals surface area contributed by atoms with E-state index in [9.17, 15) is 4.79 Å². The van der Waals surface area contributed by atoms with Gasteiger partial charge in [-0.15, -0.1) is 5.10 Å². The summed E-state index contributed by atoms with van der Waals surface area (Å²) in [7, 11) is 0. The molecule has 0 bridgehead atoms. The standard InChI is InChI=1S/C17H20N8O/c1-12-20-22-23-25(12)15-4-2-13(3-5-15)8-17(26)19-10-14-9-16-11-18-6-7-24(16)21-14/h2-5,9,18H,6-8,10-11H2,1H3,(H,19,26). The van der Waals surface area contributed by atoms with Crippen LogP contribution in [0.2, 0.25) is 0 Å². The molecule has 26 heavy (non-hydrogen) atoms. The third-order valence-electron chi connectivity index (χ3n) is 4.36. The van der Waals surface area contributed by atoms with Crippen LogP contribution in [0.3, 0.4) is 0 Å². The molecule has 9 heteroatoms. The molecule has 2 aromatic heterocycles. The van der Waals surface area contributed by atoms with E-state index in [1.54, 1.807) is 4.68 Å². The Morgan fingerprint density at radius 2 is 2.15 bits per heavy atom. The fourth-order valence-electron chi connectivity index (χ4n) is 3.00. The molecule has 0 spiro atoms. The summed E-state index contributed by atoms with van der Waals surface area (Å²) in [6.07, 6.45) is 0.323. The number of carbonyl (C=O) groups excluding carboxylic acids is 1. The molecule has 1 aromatic carbocycles. The van der Waals surface area contributed by atoms with Gasteiger partial charge in [-0.2, -0.15) is 9.78 Å². The van der Waals surface area contributed by atoms with E-state index < -0.39 is 0 Å². The van der Waals surface area contributed by atoms with Crippen molar-refractivity contribution >= 4 is 5.91 Å². The number of amides is 1. The van der Waals surface area contributed by atoms with Crippen molar-refractivity contribution in [3.8, 4) is 5.69 Å². The summed E-state index contributed by atoms with van der Waals surface area (Å²) < 4.78 is 3.65. The molecule has 0 unspecified atom stereocenters. The molecule has 2 N–H and O–H groups in total. The molecule has 4 rings (SSSR count). The SMILES string of the molecule is Cc1nnnn1-c1ccc(CC(=O)NCc2cc3n(n2)CCNC3)cc1. The Kier molecular flexibility index (Phi) is 4.44. The van der Waals surface area contributed by atoms with Gasteiger partial charge < -0.3 is 10.6 Å². The van der Waals surface area contributed by atoms with E-state index in [2.05, 4.69) is 31.3 Å². The molecule has 0 fully saturated rings. The maximum atomic E-state index is 12.2. The summed E-state index contributed by atoms with van der Waals surface area (Å²) in [5.74, 6) is 0.689. The van der Waals surface area contributed by atoms with Crippen LogP contribution in [-0.4, -0.2) is 42.4 Å². The Bertz CT molecular complexity index is 888. The first-order valence-electron chi connectivity index (χ1n) is 8.56. The first-order valence-corrected chi connectivity index (χ1v) is 8.56. The predicted octanol–water partition coefficient (Wildman–Crippen LogP) is 0.129. The molecule has 1 amide bonds. The van der Waals surface area contributed by atoms with Crippen molar-refractivity contribution in [2.24, 2.45) is 0 Å². The molecule has 0 radical (unpaired) electrons. The fraction of sp³-hybridized carbons (Fsp3) is 0.353. The summed E-state index contributed by atoms with van der Waals surface area (Å²) in [6.45, 7) is 4.91. The van der Waals surface area contributed by atoms with E-state index in [0.717, 1.165) is 42.3 Å². The molecule has 3 aromatic rings. The van der Waals surface area contributed by atoms with Crippen molar-refractivity contribution in [1.29, 1.82) is 0 Å². The van der Waals surface area contributed by atoms with Gasteiger partial charge >= 0.3 is 0 Å². The number of rotatable bonds is 5. The average Bonchev–Trinajstić information content (AvgIpc) is 3.26. The van der Waals surface area contributed by atoms with Gasteiger partial charge in [0.05, 0.1) is 36.6 Å². The lowest BCUT2D eigenvalue weighted by Gasteiger charge is -2.13. The molecule has 9 nitrogen and oxygen atoms in total. The normalized spacial score (nSPS) is 13.4. The van der Waals surface area contributed by atoms with Gasteiger partial charge in [-0.3, -0.25) is 9.48 Å². The third kappa shape index (κ3) is 3.47. The molecule has 0 saturated heterocycles. The van der Waals surface area contributed by atoms with E-state index >= 15 is 0 Å². The summed E-state index contributed by atoms with van der Waals surface area (Å²) in [6, 6.07) is 9.68. The molecule has 1 aliphatic rings. The monoisotopic (exact) mass is 352 g/mol. The summed E-state index contributed by atoms with van der Waals surface area (Å²) in [5.41, 5.74) is 3.86. The molecule has 0 atom stereocenters. The number of benzene rings is 1. The van der Waals surface area contributed by atoms with Gasteiger partial charge in [-0.05, 0) is 41.1 Å². The number of tetrazole rings is 1. The quantitative estimate of drug-likeness (QED) is 0.677. The van der Waals surface area contributed by atoms with Crippen LogP contribution < -0.4 is 10.6 Å². The molecular formula is C17H20N8O. The van der Waals surface area contributed by atoms with E-state index in [-0.39, 0.29) is 5.91 Å².